The number of hydrogen-bond acceptors (Lipinski definition) is 8. The zero-order valence-corrected chi connectivity index (χ0v) is 19.3. The highest BCUT2D eigenvalue weighted by atomic mass is 32.1. The largest absolute Gasteiger partial charge is 0.461 e. The van der Waals surface area contributed by atoms with Gasteiger partial charge in [0.25, 0.3) is 5.56 Å². The van der Waals surface area contributed by atoms with Crippen molar-refractivity contribution >= 4 is 45.1 Å². The molecule has 1 amide bonds. The molecule has 2 aromatic heterocycles. The van der Waals surface area contributed by atoms with Gasteiger partial charge in [0.15, 0.2) is 17.2 Å². The highest BCUT2D eigenvalue weighted by Gasteiger charge is 2.23. The predicted octanol–water partition coefficient (Wildman–Crippen LogP) is 4.00. The van der Waals surface area contributed by atoms with Crippen molar-refractivity contribution in [3.8, 4) is 17.2 Å². The van der Waals surface area contributed by atoms with Crippen molar-refractivity contribution in [2.45, 2.75) is 6.92 Å². The van der Waals surface area contributed by atoms with E-state index in [-0.39, 0.29) is 24.5 Å². The van der Waals surface area contributed by atoms with Crippen LogP contribution in [0, 0.1) is 0 Å². The summed E-state index contributed by atoms with van der Waals surface area (Å²) >= 11 is 1.13. The summed E-state index contributed by atoms with van der Waals surface area (Å²) in [7, 11) is 0. The highest BCUT2D eigenvalue weighted by Crippen LogP contribution is 2.33. The molecule has 3 heterocycles. The maximum absolute atomic E-state index is 13.4. The number of para-hydroxylation sites is 1. The maximum atomic E-state index is 13.4. The van der Waals surface area contributed by atoms with E-state index < -0.39 is 17.4 Å². The van der Waals surface area contributed by atoms with Gasteiger partial charge in [0.1, 0.15) is 5.00 Å². The molecule has 0 bridgehead atoms. The average Bonchev–Trinajstić information content (AvgIpc) is 3.51. The maximum Gasteiger partial charge on any atom is 0.359 e. The van der Waals surface area contributed by atoms with Crippen molar-refractivity contribution in [1.82, 2.24) is 9.78 Å². The molecule has 2 aromatic carbocycles. The minimum Gasteiger partial charge on any atom is -0.461 e. The molecule has 176 valence electrons. The van der Waals surface area contributed by atoms with Crippen molar-refractivity contribution in [1.29, 1.82) is 0 Å². The molecule has 5 rings (SSSR count). The fourth-order valence-electron chi connectivity index (χ4n) is 3.58. The van der Waals surface area contributed by atoms with Crippen LogP contribution >= 0.6 is 11.3 Å². The van der Waals surface area contributed by atoms with Gasteiger partial charge in [-0.15, -0.1) is 11.3 Å². The summed E-state index contributed by atoms with van der Waals surface area (Å²) in [5, 5.41) is 9.45. The van der Waals surface area contributed by atoms with E-state index in [0.717, 1.165) is 21.6 Å². The van der Waals surface area contributed by atoms with Gasteiger partial charge >= 0.3 is 5.97 Å². The number of esters is 1. The third-order valence-corrected chi connectivity index (χ3v) is 6.08. The number of nitrogens with zero attached hydrogens (tertiary/aromatic N) is 2. The van der Waals surface area contributed by atoms with Gasteiger partial charge in [-0.1, -0.05) is 24.3 Å². The average molecular weight is 490 g/mol. The minimum absolute atomic E-state index is 0.00189. The number of anilines is 1. The second-order valence-electron chi connectivity index (χ2n) is 7.41. The first-order chi connectivity index (χ1) is 17.0. The Hall–Kier alpha value is -4.44. The van der Waals surface area contributed by atoms with Crippen LogP contribution in [0.25, 0.3) is 22.5 Å². The first kappa shape index (κ1) is 22.4. The van der Waals surface area contributed by atoms with Gasteiger partial charge in [-0.2, -0.15) is 9.78 Å². The number of benzene rings is 2. The molecule has 1 aliphatic heterocycles. The number of carbonyl (C=O) groups excluding carboxylic acids is 2. The number of carbonyl (C=O) groups is 2. The fourth-order valence-corrected chi connectivity index (χ4v) is 4.52. The summed E-state index contributed by atoms with van der Waals surface area (Å²) in [6, 6.07) is 14.1. The number of ether oxygens (including phenoxy) is 3. The van der Waals surface area contributed by atoms with E-state index in [4.69, 9.17) is 14.2 Å². The van der Waals surface area contributed by atoms with Gasteiger partial charge in [-0.05, 0) is 42.8 Å². The van der Waals surface area contributed by atoms with Crippen LogP contribution in [0.2, 0.25) is 0 Å². The van der Waals surface area contributed by atoms with Crippen LogP contribution in [0.5, 0.6) is 11.5 Å². The van der Waals surface area contributed by atoms with Crippen LogP contribution in [0.3, 0.4) is 0 Å². The first-order valence-corrected chi connectivity index (χ1v) is 11.6. The molecule has 0 radical (unpaired) electrons. The van der Waals surface area contributed by atoms with E-state index in [1.165, 1.54) is 6.08 Å². The summed E-state index contributed by atoms with van der Waals surface area (Å²) in [5.74, 6) is 0.168. The normalized spacial score (nSPS) is 12.3. The topological polar surface area (TPSA) is 109 Å². The number of nitrogens with one attached hydrogen (secondary N) is 1. The Morgan fingerprint density at radius 3 is 2.77 bits per heavy atom. The summed E-state index contributed by atoms with van der Waals surface area (Å²) in [6.45, 7) is 2.01. The first-order valence-electron chi connectivity index (χ1n) is 10.7. The number of rotatable bonds is 6. The minimum atomic E-state index is -0.652. The number of amides is 1. The lowest BCUT2D eigenvalue weighted by Gasteiger charge is -2.09. The van der Waals surface area contributed by atoms with E-state index in [2.05, 4.69) is 10.4 Å². The number of thiophene rings is 1. The molecular formula is C25H19N3O6S. The molecule has 0 atom stereocenters. The summed E-state index contributed by atoms with van der Waals surface area (Å²) < 4.78 is 16.9. The highest BCUT2D eigenvalue weighted by molar-refractivity contribution is 7.16. The Labute approximate surface area is 203 Å². The van der Waals surface area contributed by atoms with Crippen molar-refractivity contribution in [3.63, 3.8) is 0 Å². The lowest BCUT2D eigenvalue weighted by atomic mass is 10.2. The van der Waals surface area contributed by atoms with Gasteiger partial charge in [0.2, 0.25) is 12.7 Å². The molecule has 0 spiro atoms. The number of aromatic nitrogens is 2. The number of hydrogen-bond donors (Lipinski definition) is 1. The summed E-state index contributed by atoms with van der Waals surface area (Å²) in [6.07, 6.45) is 2.98. The Morgan fingerprint density at radius 2 is 1.97 bits per heavy atom. The van der Waals surface area contributed by atoms with Gasteiger partial charge in [0, 0.05) is 16.8 Å². The number of fused-ring (bicyclic) bond motifs is 2. The zero-order valence-electron chi connectivity index (χ0n) is 18.5. The molecule has 0 unspecified atom stereocenters. The van der Waals surface area contributed by atoms with E-state index in [1.807, 2.05) is 6.07 Å². The van der Waals surface area contributed by atoms with Crippen molar-refractivity contribution < 1.29 is 23.8 Å². The van der Waals surface area contributed by atoms with Crippen molar-refractivity contribution in [2.24, 2.45) is 0 Å². The Morgan fingerprint density at radius 1 is 1.17 bits per heavy atom. The monoisotopic (exact) mass is 489 g/mol. The van der Waals surface area contributed by atoms with Crippen molar-refractivity contribution in [3.05, 3.63) is 81.6 Å². The Balaban J connectivity index is 1.50. The van der Waals surface area contributed by atoms with Gasteiger partial charge in [0.05, 0.1) is 17.7 Å². The quantitative estimate of drug-likeness (QED) is 0.322. The molecule has 0 aliphatic carbocycles. The van der Waals surface area contributed by atoms with Crippen LogP contribution in [-0.4, -0.2) is 35.1 Å². The van der Waals surface area contributed by atoms with E-state index in [0.29, 0.717) is 27.6 Å². The SMILES string of the molecule is CCOC(=O)c1nn(-c2ccccc2)c(=O)c2c(NC(=O)/C=C/c3ccc4c(c3)OCO4)scc12. The van der Waals surface area contributed by atoms with Crippen molar-refractivity contribution in [2.75, 3.05) is 18.7 Å². The van der Waals surface area contributed by atoms with Gasteiger partial charge in [-0.3, -0.25) is 9.59 Å². The third kappa shape index (κ3) is 4.38. The van der Waals surface area contributed by atoms with E-state index in [1.54, 1.807) is 60.8 Å². The van der Waals surface area contributed by atoms with Crippen LogP contribution < -0.4 is 20.3 Å². The summed E-state index contributed by atoms with van der Waals surface area (Å²) in [5.41, 5.74) is 0.769. The van der Waals surface area contributed by atoms with E-state index in [9.17, 15) is 14.4 Å². The van der Waals surface area contributed by atoms with Gasteiger partial charge in [-0.25, -0.2) is 4.79 Å². The standard InChI is InChI=1S/C25H19N3O6S/c1-2-32-25(31)22-17-13-35-23(21(17)24(30)28(27-22)16-6-4-3-5-7-16)26-20(29)11-9-15-8-10-18-19(12-15)34-14-33-18/h3-13H,2,14H2,1H3,(H,26,29)/b11-9+. The molecule has 9 nitrogen and oxygen atoms in total. The predicted molar refractivity (Wildman–Crippen MR) is 131 cm³/mol. The summed E-state index contributed by atoms with van der Waals surface area (Å²) in [4.78, 5) is 38.7. The zero-order chi connectivity index (χ0) is 24.4. The second kappa shape index (κ2) is 9.43. The Kier molecular flexibility index (Phi) is 6.02. The fraction of sp³-hybridized carbons (Fsp3) is 0.120. The lowest BCUT2D eigenvalue weighted by molar-refractivity contribution is -0.111. The molecule has 0 fully saturated rings. The van der Waals surface area contributed by atoms with Crippen LogP contribution in [0.15, 0.2) is 64.8 Å². The van der Waals surface area contributed by atoms with Crippen LogP contribution in [0.4, 0.5) is 5.00 Å². The molecule has 0 saturated heterocycles. The Bertz CT molecular complexity index is 1520. The molecule has 4 aromatic rings. The molecule has 35 heavy (non-hydrogen) atoms. The lowest BCUT2D eigenvalue weighted by Crippen LogP contribution is -2.25. The molecule has 0 saturated carbocycles. The molecule has 1 N–H and O–H groups in total. The smallest absolute Gasteiger partial charge is 0.359 e. The molecule has 10 heteroatoms. The van der Waals surface area contributed by atoms with Crippen LogP contribution in [-0.2, 0) is 9.53 Å². The second-order valence-corrected chi connectivity index (χ2v) is 8.29. The van der Waals surface area contributed by atoms with E-state index >= 15 is 0 Å². The van der Waals surface area contributed by atoms with Crippen LogP contribution in [0.1, 0.15) is 23.0 Å². The van der Waals surface area contributed by atoms with Gasteiger partial charge < -0.3 is 19.5 Å². The molecular weight excluding hydrogens is 470 g/mol. The third-order valence-electron chi connectivity index (χ3n) is 5.18. The molecule has 1 aliphatic rings.